The van der Waals surface area contributed by atoms with Crippen molar-refractivity contribution < 1.29 is 23.9 Å². The smallest absolute Gasteiger partial charge is 0.274 e. The van der Waals surface area contributed by atoms with Gasteiger partial charge in [-0.3, -0.25) is 14.8 Å². The van der Waals surface area contributed by atoms with Gasteiger partial charge in [0.25, 0.3) is 5.91 Å². The van der Waals surface area contributed by atoms with Gasteiger partial charge in [-0.25, -0.2) is 9.87 Å². The molecule has 1 unspecified atom stereocenters. The predicted octanol–water partition coefficient (Wildman–Crippen LogP) is 1.70. The summed E-state index contributed by atoms with van der Waals surface area (Å²) >= 11 is 0. The van der Waals surface area contributed by atoms with Crippen molar-refractivity contribution in [2.24, 2.45) is 5.73 Å². The van der Waals surface area contributed by atoms with Gasteiger partial charge < -0.3 is 15.4 Å². The number of rotatable bonds is 6. The normalized spacial score (nSPS) is 11.6. The number of likely N-dealkylation sites (N-methyl/N-ethyl adjacent to an activating group) is 1. The van der Waals surface area contributed by atoms with Crippen molar-refractivity contribution in [3.63, 3.8) is 0 Å². The van der Waals surface area contributed by atoms with E-state index < -0.39 is 17.8 Å². The monoisotopic (exact) mass is 361 g/mol. The minimum Gasteiger partial charge on any atom is -0.454 e. The van der Waals surface area contributed by atoms with Crippen LogP contribution in [0, 0.1) is 5.82 Å². The molecule has 0 bridgehead atoms. The number of hydrogen-bond donors (Lipinski definition) is 3. The number of nitrogens with one attached hydrogen (secondary N) is 1. The fourth-order valence-corrected chi connectivity index (χ4v) is 2.28. The topological polar surface area (TPSA) is 105 Å². The van der Waals surface area contributed by atoms with E-state index in [2.05, 4.69) is 0 Å². The molecule has 7 nitrogen and oxygen atoms in total. The van der Waals surface area contributed by atoms with E-state index in [1.54, 1.807) is 38.4 Å². The number of benzene rings is 2. The van der Waals surface area contributed by atoms with Crippen LogP contribution >= 0.6 is 0 Å². The van der Waals surface area contributed by atoms with E-state index >= 15 is 0 Å². The van der Waals surface area contributed by atoms with E-state index in [0.717, 1.165) is 11.6 Å². The van der Waals surface area contributed by atoms with Crippen LogP contribution in [0.4, 0.5) is 4.39 Å². The first-order valence-corrected chi connectivity index (χ1v) is 7.79. The van der Waals surface area contributed by atoms with E-state index in [1.165, 1.54) is 22.5 Å². The summed E-state index contributed by atoms with van der Waals surface area (Å²) in [5, 5.41) is 8.55. The second-order valence-corrected chi connectivity index (χ2v) is 5.88. The Morgan fingerprint density at radius 1 is 1.23 bits per heavy atom. The first-order valence-electron chi connectivity index (χ1n) is 7.79. The minimum absolute atomic E-state index is 0.0350. The molecule has 2 rings (SSSR count). The van der Waals surface area contributed by atoms with Gasteiger partial charge in [0.1, 0.15) is 5.75 Å². The Kier molecular flexibility index (Phi) is 6.26. The van der Waals surface area contributed by atoms with E-state index in [4.69, 9.17) is 15.7 Å². The summed E-state index contributed by atoms with van der Waals surface area (Å²) in [6.45, 7) is 0. The van der Waals surface area contributed by atoms with Crippen molar-refractivity contribution in [2.75, 3.05) is 14.1 Å². The molecule has 0 spiro atoms. The van der Waals surface area contributed by atoms with Gasteiger partial charge in [-0.05, 0) is 42.3 Å². The van der Waals surface area contributed by atoms with Crippen LogP contribution in [0.1, 0.15) is 15.9 Å². The van der Waals surface area contributed by atoms with Gasteiger partial charge in [0.15, 0.2) is 11.6 Å². The van der Waals surface area contributed by atoms with Crippen LogP contribution in [-0.4, -0.2) is 42.1 Å². The van der Waals surface area contributed by atoms with Crippen LogP contribution in [0.25, 0.3) is 0 Å². The molecule has 138 valence electrons. The number of nitrogens with zero attached hydrogens (tertiary/aromatic N) is 1. The summed E-state index contributed by atoms with van der Waals surface area (Å²) in [5.41, 5.74) is 8.10. The molecule has 2 aromatic carbocycles. The first-order chi connectivity index (χ1) is 12.3. The largest absolute Gasteiger partial charge is 0.454 e. The second-order valence-electron chi connectivity index (χ2n) is 5.88. The molecule has 0 aliphatic rings. The maximum Gasteiger partial charge on any atom is 0.274 e. The van der Waals surface area contributed by atoms with Gasteiger partial charge in [-0.2, -0.15) is 0 Å². The average molecular weight is 361 g/mol. The van der Waals surface area contributed by atoms with Crippen LogP contribution in [-0.2, 0) is 11.2 Å². The van der Waals surface area contributed by atoms with Crippen molar-refractivity contribution in [1.29, 1.82) is 0 Å². The molecule has 26 heavy (non-hydrogen) atoms. The van der Waals surface area contributed by atoms with E-state index in [1.807, 2.05) is 0 Å². The highest BCUT2D eigenvalue weighted by atomic mass is 19.1. The van der Waals surface area contributed by atoms with Crippen molar-refractivity contribution in [1.82, 2.24) is 10.4 Å². The molecule has 0 aliphatic heterocycles. The standard InChI is InChI=1S/C18H20FN3O4/c1-22(2)18(24)15(20)9-11-3-6-13(7-4-11)26-16-8-5-12(10-14(16)19)17(23)21-25/h3-8,10,15,25H,9,20H2,1-2H3,(H,21,23). The van der Waals surface area contributed by atoms with Crippen LogP contribution in [0.3, 0.4) is 0 Å². The van der Waals surface area contributed by atoms with Gasteiger partial charge >= 0.3 is 0 Å². The third-order valence-electron chi connectivity index (χ3n) is 3.66. The van der Waals surface area contributed by atoms with Crippen molar-refractivity contribution in [3.05, 3.63) is 59.4 Å². The molecular formula is C18H20FN3O4. The number of hydroxylamine groups is 1. The van der Waals surface area contributed by atoms with Crippen molar-refractivity contribution in [2.45, 2.75) is 12.5 Å². The van der Waals surface area contributed by atoms with E-state index in [-0.39, 0.29) is 17.2 Å². The Balaban J connectivity index is 2.05. The summed E-state index contributed by atoms with van der Waals surface area (Å²) in [6, 6.07) is 9.68. The summed E-state index contributed by atoms with van der Waals surface area (Å²) in [7, 11) is 3.28. The number of carbonyl (C=O) groups is 2. The fourth-order valence-electron chi connectivity index (χ4n) is 2.28. The van der Waals surface area contributed by atoms with Crippen LogP contribution in [0.2, 0.25) is 0 Å². The Hall–Kier alpha value is -2.97. The summed E-state index contributed by atoms with van der Waals surface area (Å²) in [5.74, 6) is -1.40. The van der Waals surface area contributed by atoms with E-state index in [9.17, 15) is 14.0 Å². The number of halogens is 1. The molecule has 8 heteroatoms. The third-order valence-corrected chi connectivity index (χ3v) is 3.66. The van der Waals surface area contributed by atoms with Gasteiger partial charge in [0.05, 0.1) is 6.04 Å². The summed E-state index contributed by atoms with van der Waals surface area (Å²) in [4.78, 5) is 24.5. The lowest BCUT2D eigenvalue weighted by atomic mass is 10.1. The predicted molar refractivity (Wildman–Crippen MR) is 92.5 cm³/mol. The van der Waals surface area contributed by atoms with Crippen molar-refractivity contribution in [3.8, 4) is 11.5 Å². The van der Waals surface area contributed by atoms with Crippen molar-refractivity contribution >= 4 is 11.8 Å². The average Bonchev–Trinajstić information content (AvgIpc) is 2.63. The van der Waals surface area contributed by atoms with Crippen LogP contribution in [0.15, 0.2) is 42.5 Å². The maximum absolute atomic E-state index is 14.0. The molecule has 2 aromatic rings. The molecule has 2 amide bonds. The molecule has 0 aliphatic carbocycles. The SMILES string of the molecule is CN(C)C(=O)C(N)Cc1ccc(Oc2ccc(C(=O)NO)cc2F)cc1. The molecule has 1 atom stereocenters. The van der Waals surface area contributed by atoms with Crippen LogP contribution in [0.5, 0.6) is 11.5 Å². The second kappa shape index (κ2) is 8.41. The molecule has 0 aromatic heterocycles. The Bertz CT molecular complexity index is 794. The van der Waals surface area contributed by atoms with E-state index in [0.29, 0.717) is 12.2 Å². The number of amides is 2. The molecule has 0 heterocycles. The Morgan fingerprint density at radius 3 is 2.42 bits per heavy atom. The zero-order chi connectivity index (χ0) is 19.3. The maximum atomic E-state index is 14.0. The lowest BCUT2D eigenvalue weighted by Gasteiger charge is -2.16. The van der Waals surface area contributed by atoms with Crippen LogP contribution < -0.4 is 16.0 Å². The lowest BCUT2D eigenvalue weighted by Crippen LogP contribution is -2.41. The number of carbonyl (C=O) groups excluding carboxylic acids is 2. The minimum atomic E-state index is -0.816. The summed E-state index contributed by atoms with van der Waals surface area (Å²) < 4.78 is 19.5. The number of ether oxygens (including phenoxy) is 1. The molecule has 0 saturated heterocycles. The highest BCUT2D eigenvalue weighted by molar-refractivity contribution is 5.93. The van der Waals surface area contributed by atoms with Gasteiger partial charge in [-0.1, -0.05) is 12.1 Å². The highest BCUT2D eigenvalue weighted by Gasteiger charge is 2.16. The summed E-state index contributed by atoms with van der Waals surface area (Å²) in [6.07, 6.45) is 0.372. The van der Waals surface area contributed by atoms with Gasteiger partial charge in [0.2, 0.25) is 5.91 Å². The Labute approximate surface area is 150 Å². The highest BCUT2D eigenvalue weighted by Crippen LogP contribution is 2.25. The fraction of sp³-hybridized carbons (Fsp3) is 0.222. The lowest BCUT2D eigenvalue weighted by molar-refractivity contribution is -0.130. The molecule has 0 saturated carbocycles. The zero-order valence-electron chi connectivity index (χ0n) is 14.4. The molecule has 0 fully saturated rings. The molecular weight excluding hydrogens is 341 g/mol. The first kappa shape index (κ1) is 19.4. The van der Waals surface area contributed by atoms with Gasteiger partial charge in [0, 0.05) is 19.7 Å². The quantitative estimate of drug-likeness (QED) is 0.536. The van der Waals surface area contributed by atoms with Gasteiger partial charge in [-0.15, -0.1) is 0 Å². The number of nitrogens with two attached hydrogens (primary N) is 1. The molecule has 0 radical (unpaired) electrons. The molecule has 4 N–H and O–H groups in total. The third kappa shape index (κ3) is 4.78. The Morgan fingerprint density at radius 2 is 1.88 bits per heavy atom. The zero-order valence-corrected chi connectivity index (χ0v) is 14.4. The number of hydrogen-bond acceptors (Lipinski definition) is 5.